The van der Waals surface area contributed by atoms with E-state index in [-0.39, 0.29) is 76.1 Å². The average Bonchev–Trinajstić information content (AvgIpc) is 3.07. The molecule has 2 aromatic heterocycles. The molecule has 5 atom stereocenters. The second kappa shape index (κ2) is 10.4. The first-order valence-electron chi connectivity index (χ1n) is 7.17. The minimum atomic E-state index is -5.29. The van der Waals surface area contributed by atoms with Gasteiger partial charge in [0.1, 0.15) is 30.2 Å². The Morgan fingerprint density at radius 1 is 1.14 bits per heavy atom. The van der Waals surface area contributed by atoms with Crippen LogP contribution in [0.15, 0.2) is 12.7 Å². The first-order valence-corrected chi connectivity index (χ1v) is 10.2. The van der Waals surface area contributed by atoms with E-state index in [4.69, 9.17) is 20.3 Å². The summed E-state index contributed by atoms with van der Waals surface area (Å²) in [4.78, 5) is 38.1. The van der Waals surface area contributed by atoms with Gasteiger partial charge in [-0.05, 0) is 0 Å². The normalized spacial score (nSPS) is 26.5. The Bertz CT molecular complexity index is 943. The van der Waals surface area contributed by atoms with E-state index in [1.54, 1.807) is 0 Å². The molecule has 29 heavy (non-hydrogen) atoms. The number of fused-ring (bicyclic) bond motifs is 1. The minimum Gasteiger partial charge on any atom is -0.387 e. The Hall–Kier alpha value is 0.490. The van der Waals surface area contributed by atoms with Crippen LogP contribution in [0.2, 0.25) is 0 Å². The number of hydrogen-bond donors (Lipinski definition) is 6. The van der Waals surface area contributed by atoms with Crippen molar-refractivity contribution in [2.45, 2.75) is 24.5 Å². The maximum absolute atomic E-state index is 11.5. The Balaban J connectivity index is 0.00000210. The first-order chi connectivity index (χ1) is 12.5. The molecule has 1 fully saturated rings. The number of anilines is 1. The second-order valence-corrected chi connectivity index (χ2v) is 8.30. The summed E-state index contributed by atoms with van der Waals surface area (Å²) in [5.74, 6) is 0.0856. The van der Waals surface area contributed by atoms with Crippen molar-refractivity contribution in [1.29, 1.82) is 0 Å². The van der Waals surface area contributed by atoms with Gasteiger partial charge in [-0.3, -0.25) is 9.09 Å². The van der Waals surface area contributed by atoms with Crippen molar-refractivity contribution in [3.63, 3.8) is 0 Å². The van der Waals surface area contributed by atoms with Gasteiger partial charge >= 0.3 is 15.6 Å². The Kier molecular flexibility index (Phi) is 9.87. The van der Waals surface area contributed by atoms with Crippen LogP contribution < -0.4 is 5.73 Å². The van der Waals surface area contributed by atoms with Crippen molar-refractivity contribution in [2.75, 3.05) is 12.3 Å². The number of aromatic nitrogens is 4. The summed E-state index contributed by atoms with van der Waals surface area (Å²) in [6.45, 7) is -0.813. The fourth-order valence-electron chi connectivity index (χ4n) is 2.48. The van der Waals surface area contributed by atoms with Gasteiger partial charge in [0.2, 0.25) is 0 Å². The monoisotopic (exact) mass is 473 g/mol. The smallest absolute Gasteiger partial charge is 0.387 e. The van der Waals surface area contributed by atoms with Crippen LogP contribution in [0.1, 0.15) is 6.23 Å². The molecule has 3 heterocycles. The van der Waals surface area contributed by atoms with E-state index >= 15 is 0 Å². The van der Waals surface area contributed by atoms with Crippen LogP contribution in [-0.4, -0.2) is 128 Å². The molecule has 0 spiro atoms. The molecule has 7 N–H and O–H groups in total. The zero-order chi connectivity index (χ0) is 20.0. The molecule has 0 saturated carbocycles. The van der Waals surface area contributed by atoms with Gasteiger partial charge in [-0.2, -0.15) is 4.31 Å². The van der Waals surface area contributed by atoms with Crippen molar-refractivity contribution >= 4 is 91.7 Å². The van der Waals surface area contributed by atoms with E-state index in [2.05, 4.69) is 23.8 Å². The molecule has 1 unspecified atom stereocenters. The van der Waals surface area contributed by atoms with Crippen molar-refractivity contribution in [2.24, 2.45) is 0 Å². The molecule has 0 aliphatic carbocycles. The second-order valence-electron chi connectivity index (χ2n) is 5.47. The van der Waals surface area contributed by atoms with Gasteiger partial charge in [-0.1, -0.05) is 0 Å². The molecule has 0 aromatic carbocycles. The molecule has 1 saturated heterocycles. The molecule has 152 valence electrons. The van der Waals surface area contributed by atoms with Crippen LogP contribution in [0, 0.1) is 0 Å². The molecule has 1 aliphatic rings. The van der Waals surface area contributed by atoms with Crippen molar-refractivity contribution < 1.29 is 47.6 Å². The zero-order valence-corrected chi connectivity index (χ0v) is 21.0. The summed E-state index contributed by atoms with van der Waals surface area (Å²) in [6, 6.07) is 0. The number of rotatable bonds is 6. The van der Waals surface area contributed by atoms with E-state index in [0.29, 0.717) is 0 Å². The van der Waals surface area contributed by atoms with Crippen LogP contribution in [0.5, 0.6) is 0 Å². The van der Waals surface area contributed by atoms with E-state index in [9.17, 15) is 24.2 Å². The number of hydrogen-bond acceptors (Lipinski definition) is 11. The fraction of sp³-hybridized carbons (Fsp3) is 0.500. The number of aliphatic hydroxyl groups excluding tert-OH is 2. The minimum absolute atomic E-state index is 0. The molecule has 19 heteroatoms. The number of aliphatic hydroxyl groups is 2. The summed E-state index contributed by atoms with van der Waals surface area (Å²) >= 11 is 0. The first kappa shape index (κ1) is 27.5. The summed E-state index contributed by atoms with van der Waals surface area (Å²) in [5, 5.41) is 20.3. The van der Waals surface area contributed by atoms with Crippen molar-refractivity contribution in [3.05, 3.63) is 12.7 Å². The molecule has 0 bridgehead atoms. The summed E-state index contributed by atoms with van der Waals surface area (Å²) in [7, 11) is -10.4. The fourth-order valence-corrected chi connectivity index (χ4v) is 4.08. The third-order valence-electron chi connectivity index (χ3n) is 3.61. The van der Waals surface area contributed by atoms with Crippen LogP contribution >= 0.6 is 15.6 Å². The van der Waals surface area contributed by atoms with Crippen molar-refractivity contribution in [1.82, 2.24) is 19.5 Å². The zero-order valence-electron chi connectivity index (χ0n) is 15.2. The number of nitrogens with zero attached hydrogens (tertiary/aromatic N) is 4. The predicted molar refractivity (Wildman–Crippen MR) is 96.1 cm³/mol. The van der Waals surface area contributed by atoms with Gasteiger partial charge in [-0.25, -0.2) is 24.1 Å². The number of phosphoric acid groups is 2. The molecule has 2 aromatic rings. The van der Waals surface area contributed by atoms with E-state index < -0.39 is 46.8 Å². The predicted octanol–water partition coefficient (Wildman–Crippen LogP) is -2.51. The third kappa shape index (κ3) is 6.49. The van der Waals surface area contributed by atoms with Crippen molar-refractivity contribution in [3.8, 4) is 0 Å². The van der Waals surface area contributed by atoms with Gasteiger partial charge in [0.25, 0.3) is 0 Å². The van der Waals surface area contributed by atoms with E-state index in [1.807, 2.05) is 0 Å². The Labute approximate surface area is 207 Å². The van der Waals surface area contributed by atoms with Crippen LogP contribution in [-0.2, 0) is 22.7 Å². The number of nitrogen functional groups attached to an aromatic ring is 1. The molecule has 15 nitrogen and oxygen atoms in total. The number of phosphoric ester groups is 1. The number of nitrogens with two attached hydrogens (primary N) is 1. The SMILES string of the molecule is Nc1ncnc2c1ncn2[C@@H]1O[C@H](COP(=O)(O)OP(=O)(O)O)[C@@H](O)[C@H]1O.[Na].[Na]. The standard InChI is InChI=1S/C10H15N5O10P2.2Na/c11-8-5-9(13-2-12-8)15(3-14-5)10-7(17)6(16)4(24-10)1-23-27(21,22)25-26(18,19)20;;/h2-4,6-7,10,16-17H,1H2,(H,21,22)(H2,11,12,13)(H2,18,19,20);;/t4-,6-,7-,10-;;/m1../s1. The molecular weight excluding hydrogens is 458 g/mol. The molecule has 0 amide bonds. The quantitative estimate of drug-likeness (QED) is 0.188. The molecule has 1 aliphatic heterocycles. The number of ether oxygens (including phenoxy) is 1. The summed E-state index contributed by atoms with van der Waals surface area (Å²) in [5.41, 5.74) is 6.11. The average molecular weight is 473 g/mol. The van der Waals surface area contributed by atoms with Gasteiger partial charge in [0.15, 0.2) is 17.7 Å². The molecule has 3 rings (SSSR count). The van der Waals surface area contributed by atoms with E-state index in [1.165, 1.54) is 10.9 Å². The largest absolute Gasteiger partial charge is 0.481 e. The van der Waals surface area contributed by atoms with Crippen LogP contribution in [0.4, 0.5) is 5.82 Å². The van der Waals surface area contributed by atoms with Gasteiger partial charge in [-0.15, -0.1) is 0 Å². The maximum atomic E-state index is 11.5. The van der Waals surface area contributed by atoms with Crippen LogP contribution in [0.25, 0.3) is 11.2 Å². The Morgan fingerprint density at radius 2 is 1.79 bits per heavy atom. The Morgan fingerprint density at radius 3 is 2.41 bits per heavy atom. The molecule has 2 radical (unpaired) electrons. The van der Waals surface area contributed by atoms with Gasteiger partial charge in [0, 0.05) is 59.1 Å². The third-order valence-corrected chi connectivity index (χ3v) is 5.76. The topological polar surface area (TPSA) is 233 Å². The van der Waals surface area contributed by atoms with E-state index in [0.717, 1.165) is 6.33 Å². The van der Waals surface area contributed by atoms with Gasteiger partial charge < -0.3 is 35.4 Å². The summed E-state index contributed by atoms with van der Waals surface area (Å²) < 4.78 is 36.8. The number of imidazole rings is 1. The van der Waals surface area contributed by atoms with Crippen LogP contribution in [0.3, 0.4) is 0 Å². The van der Waals surface area contributed by atoms with Gasteiger partial charge in [0.05, 0.1) is 12.9 Å². The summed E-state index contributed by atoms with van der Waals surface area (Å²) in [6.07, 6.45) is -3.20. The molecular formula is C10H15N5Na2O10P2. The maximum Gasteiger partial charge on any atom is 0.481 e.